The molecule has 2 aromatic carbocycles. The van der Waals surface area contributed by atoms with Gasteiger partial charge in [-0.15, -0.1) is 0 Å². The number of nitrogens with one attached hydrogen (secondary N) is 1. The van der Waals surface area contributed by atoms with Crippen LogP contribution in [0.4, 0.5) is 8.78 Å². The summed E-state index contributed by atoms with van der Waals surface area (Å²) in [5.74, 6) is -1.71. The molecule has 1 aliphatic heterocycles. The quantitative estimate of drug-likeness (QED) is 0.672. The van der Waals surface area contributed by atoms with Crippen LogP contribution in [0.25, 0.3) is 0 Å². The van der Waals surface area contributed by atoms with Gasteiger partial charge in [-0.25, -0.2) is 8.78 Å². The van der Waals surface area contributed by atoms with E-state index in [0.29, 0.717) is 6.54 Å². The molecule has 156 valence electrons. The van der Waals surface area contributed by atoms with Gasteiger partial charge < -0.3 is 14.6 Å². The second kappa shape index (κ2) is 8.62. The predicted molar refractivity (Wildman–Crippen MR) is 105 cm³/mol. The molecule has 0 unspecified atom stereocenters. The van der Waals surface area contributed by atoms with Gasteiger partial charge in [-0.3, -0.25) is 9.69 Å². The van der Waals surface area contributed by atoms with Gasteiger partial charge in [-0.2, -0.15) is 0 Å². The lowest BCUT2D eigenvalue weighted by Crippen LogP contribution is -2.45. The molecule has 0 fully saturated rings. The van der Waals surface area contributed by atoms with E-state index in [2.05, 4.69) is 27.5 Å². The van der Waals surface area contributed by atoms with E-state index in [4.69, 9.17) is 9.26 Å². The van der Waals surface area contributed by atoms with Gasteiger partial charge >= 0.3 is 0 Å². The number of rotatable bonds is 6. The molecular weight excluding hydrogens is 392 g/mol. The molecule has 4 rings (SSSR count). The first kappa shape index (κ1) is 20.0. The minimum atomic E-state index is -0.814. The van der Waals surface area contributed by atoms with Gasteiger partial charge in [-0.05, 0) is 36.7 Å². The zero-order chi connectivity index (χ0) is 21.1. The number of ether oxygens (including phenoxy) is 1. The third-order valence-corrected chi connectivity index (χ3v) is 5.17. The summed E-state index contributed by atoms with van der Waals surface area (Å²) >= 11 is 0. The fraction of sp³-hybridized carbons (Fsp3) is 0.273. The van der Waals surface area contributed by atoms with E-state index in [1.807, 2.05) is 19.2 Å². The van der Waals surface area contributed by atoms with E-state index >= 15 is 0 Å². The number of aromatic nitrogens is 1. The highest BCUT2D eigenvalue weighted by atomic mass is 19.1. The molecule has 1 aliphatic rings. The normalized spacial score (nSPS) is 16.2. The smallest absolute Gasteiger partial charge is 0.273 e. The van der Waals surface area contributed by atoms with Gasteiger partial charge in [0.1, 0.15) is 12.4 Å². The molecule has 1 aromatic heterocycles. The Morgan fingerprint density at radius 3 is 2.83 bits per heavy atom. The lowest BCUT2D eigenvalue weighted by atomic mass is 9.94. The van der Waals surface area contributed by atoms with Crippen LogP contribution in [0, 0.1) is 11.6 Å². The van der Waals surface area contributed by atoms with Gasteiger partial charge in [0.15, 0.2) is 23.0 Å². The Kier molecular flexibility index (Phi) is 5.76. The topological polar surface area (TPSA) is 67.6 Å². The van der Waals surface area contributed by atoms with Crippen LogP contribution in [-0.2, 0) is 19.6 Å². The van der Waals surface area contributed by atoms with E-state index in [9.17, 15) is 13.6 Å². The van der Waals surface area contributed by atoms with Gasteiger partial charge in [-0.1, -0.05) is 29.4 Å². The fourth-order valence-corrected chi connectivity index (χ4v) is 3.48. The number of amides is 1. The zero-order valence-electron chi connectivity index (χ0n) is 16.4. The summed E-state index contributed by atoms with van der Waals surface area (Å²) in [6, 6.07) is 12.9. The van der Waals surface area contributed by atoms with E-state index < -0.39 is 11.6 Å². The molecule has 0 saturated carbocycles. The molecule has 0 saturated heterocycles. The van der Waals surface area contributed by atoms with Crippen LogP contribution in [0.1, 0.15) is 27.4 Å². The number of carbonyl (C=O) groups is 1. The number of likely N-dealkylation sites (N-methyl/N-ethyl adjacent to an activating group) is 1. The van der Waals surface area contributed by atoms with Crippen LogP contribution in [0.3, 0.4) is 0 Å². The zero-order valence-corrected chi connectivity index (χ0v) is 16.4. The summed E-state index contributed by atoms with van der Waals surface area (Å²) in [6.45, 7) is 1.18. The van der Waals surface area contributed by atoms with Crippen LogP contribution >= 0.6 is 0 Å². The molecule has 0 spiro atoms. The van der Waals surface area contributed by atoms with E-state index in [1.165, 1.54) is 23.3 Å². The standard InChI is InChI=1S/C22H21F2N3O3/c1-27-12-15-5-3-2-4-14(15)8-17(27)11-25-22(28)20-10-18(30-26-20)13-29-21-7-6-16(23)9-19(21)24/h2-7,9-10,17H,8,11-13H2,1H3,(H,25,28)/t17-/m0/s1. The fourth-order valence-electron chi connectivity index (χ4n) is 3.48. The molecule has 3 aromatic rings. The third kappa shape index (κ3) is 4.49. The SMILES string of the molecule is CN1Cc2ccccc2C[C@H]1CNC(=O)c1cc(COc2ccc(F)cc2F)on1. The molecule has 0 radical (unpaired) electrons. The largest absolute Gasteiger partial charge is 0.482 e. The molecule has 1 amide bonds. The van der Waals surface area contributed by atoms with Crippen molar-refractivity contribution < 1.29 is 22.8 Å². The second-order valence-corrected chi connectivity index (χ2v) is 7.29. The molecule has 30 heavy (non-hydrogen) atoms. The van der Waals surface area contributed by atoms with Crippen molar-refractivity contribution in [2.24, 2.45) is 0 Å². The van der Waals surface area contributed by atoms with Crippen LogP contribution < -0.4 is 10.1 Å². The van der Waals surface area contributed by atoms with Crippen molar-refractivity contribution in [2.45, 2.75) is 25.6 Å². The van der Waals surface area contributed by atoms with Gasteiger partial charge in [0.2, 0.25) is 0 Å². The van der Waals surface area contributed by atoms with Crippen molar-refractivity contribution in [3.05, 3.63) is 82.7 Å². The van der Waals surface area contributed by atoms with E-state index in [-0.39, 0.29) is 35.8 Å². The summed E-state index contributed by atoms with van der Waals surface area (Å²) in [4.78, 5) is 14.6. The maximum atomic E-state index is 13.6. The number of hydrogen-bond donors (Lipinski definition) is 1. The van der Waals surface area contributed by atoms with E-state index in [1.54, 1.807) is 0 Å². The third-order valence-electron chi connectivity index (χ3n) is 5.17. The molecular formula is C22H21F2N3O3. The van der Waals surface area contributed by atoms with Crippen molar-refractivity contribution in [3.8, 4) is 5.75 Å². The lowest BCUT2D eigenvalue weighted by Gasteiger charge is -2.34. The van der Waals surface area contributed by atoms with Crippen molar-refractivity contribution in [1.82, 2.24) is 15.4 Å². The first-order chi connectivity index (χ1) is 14.5. The molecule has 0 bridgehead atoms. The molecule has 1 atom stereocenters. The first-order valence-electron chi connectivity index (χ1n) is 9.58. The monoisotopic (exact) mass is 413 g/mol. The maximum absolute atomic E-state index is 13.6. The predicted octanol–water partition coefficient (Wildman–Crippen LogP) is 3.32. The minimum Gasteiger partial charge on any atom is -0.482 e. The van der Waals surface area contributed by atoms with Crippen molar-refractivity contribution in [1.29, 1.82) is 0 Å². The Morgan fingerprint density at radius 1 is 1.23 bits per heavy atom. The second-order valence-electron chi connectivity index (χ2n) is 7.29. The minimum absolute atomic E-state index is 0.112. The molecule has 2 heterocycles. The summed E-state index contributed by atoms with van der Waals surface area (Å²) < 4.78 is 36.9. The Hall–Kier alpha value is -3.26. The van der Waals surface area contributed by atoms with Crippen LogP contribution in [0.5, 0.6) is 5.75 Å². The van der Waals surface area contributed by atoms with Crippen molar-refractivity contribution in [2.75, 3.05) is 13.6 Å². The molecule has 1 N–H and O–H groups in total. The highest BCUT2D eigenvalue weighted by Crippen LogP contribution is 2.22. The molecule has 0 aliphatic carbocycles. The Labute approximate surface area is 172 Å². The molecule has 6 nitrogen and oxygen atoms in total. The first-order valence-corrected chi connectivity index (χ1v) is 9.58. The average Bonchev–Trinajstić information content (AvgIpc) is 3.20. The Balaban J connectivity index is 1.31. The lowest BCUT2D eigenvalue weighted by molar-refractivity contribution is 0.0925. The number of benzene rings is 2. The van der Waals surface area contributed by atoms with Gasteiger partial charge in [0.25, 0.3) is 5.91 Å². The number of carbonyl (C=O) groups excluding carboxylic acids is 1. The number of fused-ring (bicyclic) bond motifs is 1. The van der Waals surface area contributed by atoms with Gasteiger partial charge in [0.05, 0.1) is 0 Å². The van der Waals surface area contributed by atoms with Crippen LogP contribution in [0.15, 0.2) is 53.1 Å². The van der Waals surface area contributed by atoms with Crippen LogP contribution in [0.2, 0.25) is 0 Å². The Morgan fingerprint density at radius 2 is 2.03 bits per heavy atom. The average molecular weight is 413 g/mol. The molecule has 8 heteroatoms. The highest BCUT2D eigenvalue weighted by Gasteiger charge is 2.24. The number of halogens is 2. The van der Waals surface area contributed by atoms with Crippen molar-refractivity contribution >= 4 is 5.91 Å². The summed E-state index contributed by atoms with van der Waals surface area (Å²) in [5, 5.41) is 6.64. The summed E-state index contributed by atoms with van der Waals surface area (Å²) in [6.07, 6.45) is 0.855. The van der Waals surface area contributed by atoms with Crippen LogP contribution in [-0.4, -0.2) is 35.6 Å². The van der Waals surface area contributed by atoms with Crippen molar-refractivity contribution in [3.63, 3.8) is 0 Å². The summed E-state index contributed by atoms with van der Waals surface area (Å²) in [7, 11) is 2.03. The summed E-state index contributed by atoms with van der Waals surface area (Å²) in [5.41, 5.74) is 2.72. The highest BCUT2D eigenvalue weighted by molar-refractivity contribution is 5.92. The van der Waals surface area contributed by atoms with Gasteiger partial charge in [0, 0.05) is 31.3 Å². The number of hydrogen-bond acceptors (Lipinski definition) is 5. The Bertz CT molecular complexity index is 1050. The van der Waals surface area contributed by atoms with E-state index in [0.717, 1.165) is 25.1 Å². The maximum Gasteiger partial charge on any atom is 0.273 e. The number of nitrogens with zero attached hydrogens (tertiary/aromatic N) is 2.